The van der Waals surface area contributed by atoms with Crippen LogP contribution in [0.2, 0.25) is 0 Å². The van der Waals surface area contributed by atoms with Gasteiger partial charge in [-0.1, -0.05) is 0 Å². The highest BCUT2D eigenvalue weighted by atomic mass is 32.2. The molecule has 1 rings (SSSR count). The number of aryl methyl sites for hydroxylation is 1. The second-order valence-corrected chi connectivity index (χ2v) is 4.81. The quantitative estimate of drug-likeness (QED) is 0.786. The predicted molar refractivity (Wildman–Crippen MR) is 72.0 cm³/mol. The van der Waals surface area contributed by atoms with Crippen LogP contribution in [0.5, 0.6) is 0 Å². The van der Waals surface area contributed by atoms with Crippen LogP contribution in [-0.2, 0) is 11.3 Å². The van der Waals surface area contributed by atoms with Gasteiger partial charge in [-0.2, -0.15) is 11.8 Å². The normalized spacial score (nSPS) is 12.1. The van der Waals surface area contributed by atoms with Crippen molar-refractivity contribution in [1.82, 2.24) is 9.88 Å². The third-order valence-electron chi connectivity index (χ3n) is 2.62. The van der Waals surface area contributed by atoms with Crippen molar-refractivity contribution in [3.8, 4) is 0 Å². The Labute approximate surface area is 111 Å². The minimum Gasteiger partial charge on any atom is -0.480 e. The standard InChI is InChI=1S/C12H18N2O3S/c1-3-14-7-4-5-10(14)11(15)13-9(12(16)17)6-8-18-2/h4-5,7,9H,3,6,8H2,1-2H3,(H,13,15)(H,16,17)/t9-/m1/s1. The molecule has 100 valence electrons. The van der Waals surface area contributed by atoms with E-state index in [0.717, 1.165) is 0 Å². The highest BCUT2D eigenvalue weighted by Gasteiger charge is 2.21. The first-order chi connectivity index (χ1) is 8.60. The average Bonchev–Trinajstić information content (AvgIpc) is 2.82. The smallest absolute Gasteiger partial charge is 0.326 e. The van der Waals surface area contributed by atoms with Crippen LogP contribution in [0.4, 0.5) is 0 Å². The zero-order valence-corrected chi connectivity index (χ0v) is 11.4. The first kappa shape index (κ1) is 14.6. The van der Waals surface area contributed by atoms with Crippen LogP contribution in [-0.4, -0.2) is 39.6 Å². The zero-order valence-electron chi connectivity index (χ0n) is 10.5. The summed E-state index contributed by atoms with van der Waals surface area (Å²) < 4.78 is 1.78. The monoisotopic (exact) mass is 270 g/mol. The largest absolute Gasteiger partial charge is 0.480 e. The number of aliphatic carboxylic acids is 1. The molecule has 0 unspecified atom stereocenters. The van der Waals surface area contributed by atoms with Crippen molar-refractivity contribution in [3.05, 3.63) is 24.0 Å². The Morgan fingerprint density at radius 1 is 1.56 bits per heavy atom. The van der Waals surface area contributed by atoms with Gasteiger partial charge in [0.05, 0.1) is 0 Å². The van der Waals surface area contributed by atoms with E-state index in [9.17, 15) is 9.59 Å². The van der Waals surface area contributed by atoms with Crippen molar-refractivity contribution in [2.45, 2.75) is 25.9 Å². The number of carbonyl (C=O) groups excluding carboxylic acids is 1. The Hall–Kier alpha value is -1.43. The molecule has 1 amide bonds. The van der Waals surface area contributed by atoms with Crippen molar-refractivity contribution in [3.63, 3.8) is 0 Å². The SMILES string of the molecule is CCn1cccc1C(=O)N[C@H](CCSC)C(=O)O. The third kappa shape index (κ3) is 3.80. The number of hydrogen-bond donors (Lipinski definition) is 2. The molecule has 0 bridgehead atoms. The number of nitrogens with zero attached hydrogens (tertiary/aromatic N) is 1. The van der Waals surface area contributed by atoms with E-state index < -0.39 is 12.0 Å². The molecule has 18 heavy (non-hydrogen) atoms. The molecule has 0 aromatic carbocycles. The summed E-state index contributed by atoms with van der Waals surface area (Å²) in [5.41, 5.74) is 0.493. The summed E-state index contributed by atoms with van der Waals surface area (Å²) in [7, 11) is 0. The van der Waals surface area contributed by atoms with Crippen LogP contribution in [0, 0.1) is 0 Å². The molecule has 1 atom stereocenters. The van der Waals surface area contributed by atoms with Gasteiger partial charge in [-0.15, -0.1) is 0 Å². The van der Waals surface area contributed by atoms with Gasteiger partial charge in [0, 0.05) is 12.7 Å². The number of amides is 1. The van der Waals surface area contributed by atoms with Crippen LogP contribution >= 0.6 is 11.8 Å². The Balaban J connectivity index is 2.69. The fraction of sp³-hybridized carbons (Fsp3) is 0.500. The van der Waals surface area contributed by atoms with Crippen LogP contribution in [0.1, 0.15) is 23.8 Å². The highest BCUT2D eigenvalue weighted by molar-refractivity contribution is 7.98. The van der Waals surface area contributed by atoms with Gasteiger partial charge in [0.1, 0.15) is 11.7 Å². The zero-order chi connectivity index (χ0) is 13.5. The Bertz CT molecular complexity index is 417. The summed E-state index contributed by atoms with van der Waals surface area (Å²) in [6.07, 6.45) is 4.13. The summed E-state index contributed by atoms with van der Waals surface area (Å²) in [5, 5.41) is 11.6. The van der Waals surface area contributed by atoms with Gasteiger partial charge < -0.3 is 15.0 Å². The van der Waals surface area contributed by atoms with Crippen molar-refractivity contribution in [1.29, 1.82) is 0 Å². The molecular formula is C12H18N2O3S. The molecule has 1 heterocycles. The van der Waals surface area contributed by atoms with E-state index in [4.69, 9.17) is 5.11 Å². The fourth-order valence-electron chi connectivity index (χ4n) is 1.62. The van der Waals surface area contributed by atoms with E-state index in [1.807, 2.05) is 13.2 Å². The number of rotatable bonds is 7. The lowest BCUT2D eigenvalue weighted by Gasteiger charge is -2.14. The van der Waals surface area contributed by atoms with Crippen LogP contribution in [0.25, 0.3) is 0 Å². The Morgan fingerprint density at radius 3 is 2.83 bits per heavy atom. The summed E-state index contributed by atoms with van der Waals surface area (Å²) >= 11 is 1.56. The lowest BCUT2D eigenvalue weighted by Crippen LogP contribution is -2.41. The number of carboxylic acid groups (broad SMARTS) is 1. The van der Waals surface area contributed by atoms with Crippen molar-refractivity contribution in [2.24, 2.45) is 0 Å². The number of thioether (sulfide) groups is 1. The topological polar surface area (TPSA) is 71.3 Å². The maximum Gasteiger partial charge on any atom is 0.326 e. The van der Waals surface area contributed by atoms with Gasteiger partial charge in [-0.05, 0) is 37.5 Å². The van der Waals surface area contributed by atoms with E-state index in [1.54, 1.807) is 34.7 Å². The molecule has 0 fully saturated rings. The second kappa shape index (κ2) is 7.10. The molecule has 6 heteroatoms. The minimum absolute atomic E-state index is 0.338. The predicted octanol–water partition coefficient (Wildman–Crippen LogP) is 1.44. The van der Waals surface area contributed by atoms with Gasteiger partial charge >= 0.3 is 5.97 Å². The summed E-state index contributed by atoms with van der Waals surface area (Å²) in [5.74, 6) is -0.631. The van der Waals surface area contributed by atoms with E-state index in [1.165, 1.54) is 0 Å². The lowest BCUT2D eigenvalue weighted by molar-refractivity contribution is -0.139. The maximum absolute atomic E-state index is 12.0. The van der Waals surface area contributed by atoms with Crippen LogP contribution in [0.3, 0.4) is 0 Å². The number of carboxylic acids is 1. The van der Waals surface area contributed by atoms with Gasteiger partial charge in [0.2, 0.25) is 0 Å². The number of carbonyl (C=O) groups is 2. The van der Waals surface area contributed by atoms with E-state index >= 15 is 0 Å². The molecule has 0 aliphatic carbocycles. The van der Waals surface area contributed by atoms with Crippen molar-refractivity contribution in [2.75, 3.05) is 12.0 Å². The van der Waals surface area contributed by atoms with Crippen molar-refractivity contribution < 1.29 is 14.7 Å². The van der Waals surface area contributed by atoms with E-state index in [2.05, 4.69) is 5.32 Å². The molecule has 0 saturated carbocycles. The molecular weight excluding hydrogens is 252 g/mol. The molecule has 2 N–H and O–H groups in total. The molecule has 0 aliphatic rings. The van der Waals surface area contributed by atoms with Crippen LogP contribution in [0.15, 0.2) is 18.3 Å². The van der Waals surface area contributed by atoms with E-state index in [0.29, 0.717) is 24.4 Å². The molecule has 0 saturated heterocycles. The number of aromatic nitrogens is 1. The molecule has 0 aliphatic heterocycles. The summed E-state index contributed by atoms with van der Waals surface area (Å²) in [6, 6.07) is 2.63. The van der Waals surface area contributed by atoms with E-state index in [-0.39, 0.29) is 5.91 Å². The molecule has 5 nitrogen and oxygen atoms in total. The molecule has 0 radical (unpaired) electrons. The summed E-state index contributed by atoms with van der Waals surface area (Å²) in [6.45, 7) is 2.61. The maximum atomic E-state index is 12.0. The first-order valence-electron chi connectivity index (χ1n) is 5.77. The number of hydrogen-bond acceptors (Lipinski definition) is 3. The molecule has 1 aromatic rings. The lowest BCUT2D eigenvalue weighted by atomic mass is 10.2. The fourth-order valence-corrected chi connectivity index (χ4v) is 2.09. The highest BCUT2D eigenvalue weighted by Crippen LogP contribution is 2.05. The second-order valence-electron chi connectivity index (χ2n) is 3.83. The molecule has 0 spiro atoms. The molecule has 1 aromatic heterocycles. The average molecular weight is 270 g/mol. The van der Waals surface area contributed by atoms with Crippen LogP contribution < -0.4 is 5.32 Å². The Morgan fingerprint density at radius 2 is 2.28 bits per heavy atom. The third-order valence-corrected chi connectivity index (χ3v) is 3.26. The van der Waals surface area contributed by atoms with Gasteiger partial charge in [0.15, 0.2) is 0 Å². The van der Waals surface area contributed by atoms with Gasteiger partial charge in [-0.25, -0.2) is 4.79 Å². The number of nitrogens with one attached hydrogen (secondary N) is 1. The first-order valence-corrected chi connectivity index (χ1v) is 7.17. The van der Waals surface area contributed by atoms with Crippen molar-refractivity contribution >= 4 is 23.6 Å². The van der Waals surface area contributed by atoms with Gasteiger partial charge in [-0.3, -0.25) is 4.79 Å². The summed E-state index contributed by atoms with van der Waals surface area (Å²) in [4.78, 5) is 23.0. The van der Waals surface area contributed by atoms with Gasteiger partial charge in [0.25, 0.3) is 5.91 Å². The Kier molecular flexibility index (Phi) is 5.77. The minimum atomic E-state index is -0.994.